The molecule has 166 valence electrons. The number of hydrogen-bond acceptors (Lipinski definition) is 5. The van der Waals surface area contributed by atoms with Crippen molar-refractivity contribution in [1.29, 1.82) is 0 Å². The number of likely N-dealkylation sites (N-methyl/N-ethyl adjacent to an activating group) is 1. The van der Waals surface area contributed by atoms with Gasteiger partial charge in [-0.05, 0) is 25.6 Å². The lowest BCUT2D eigenvalue weighted by Gasteiger charge is -2.42. The molecule has 2 aliphatic heterocycles. The third-order valence-corrected chi connectivity index (χ3v) is 6.52. The molecule has 3 aromatic rings. The van der Waals surface area contributed by atoms with Crippen molar-refractivity contribution >= 4 is 22.6 Å². The highest BCUT2D eigenvalue weighted by Crippen LogP contribution is 2.43. The van der Waals surface area contributed by atoms with E-state index in [0.717, 1.165) is 18.2 Å². The summed E-state index contributed by atoms with van der Waals surface area (Å²) in [7, 11) is 2.05. The first-order chi connectivity index (χ1) is 15.4. The van der Waals surface area contributed by atoms with E-state index in [1.165, 1.54) is 6.20 Å². The van der Waals surface area contributed by atoms with Gasteiger partial charge in [0.05, 0.1) is 23.0 Å². The third-order valence-electron chi connectivity index (χ3n) is 6.52. The van der Waals surface area contributed by atoms with E-state index in [1.807, 2.05) is 30.0 Å². The molecule has 3 heterocycles. The Labute approximate surface area is 184 Å². The molecule has 32 heavy (non-hydrogen) atoms. The van der Waals surface area contributed by atoms with Crippen LogP contribution in [0, 0.1) is 5.82 Å². The van der Waals surface area contributed by atoms with E-state index < -0.39 is 17.2 Å². The van der Waals surface area contributed by atoms with Gasteiger partial charge in [0.25, 0.3) is 0 Å². The van der Waals surface area contributed by atoms with Gasteiger partial charge < -0.3 is 19.3 Å². The lowest BCUT2D eigenvalue weighted by molar-refractivity contribution is 0.0694. The van der Waals surface area contributed by atoms with Gasteiger partial charge in [-0.15, -0.1) is 0 Å². The molecule has 1 aromatic heterocycles. The fourth-order valence-corrected chi connectivity index (χ4v) is 4.77. The fourth-order valence-electron chi connectivity index (χ4n) is 4.77. The van der Waals surface area contributed by atoms with Gasteiger partial charge >= 0.3 is 5.97 Å². The second-order valence-electron chi connectivity index (χ2n) is 8.53. The average molecular weight is 437 g/mol. The number of halogens is 1. The molecule has 1 N–H and O–H groups in total. The van der Waals surface area contributed by atoms with Crippen LogP contribution in [0.25, 0.3) is 10.9 Å². The molecule has 0 spiro atoms. The number of hydrogen-bond donors (Lipinski definition) is 1. The topological polar surface area (TPSA) is 75.0 Å². The number of pyridine rings is 1. The standard InChI is InChI=1S/C24H24FN3O4/c1-14-13-32-23-20-16(22(29)17(24(30)31)11-28(14)20)10-18(25)21(23)27-9-8-26(2)19(12-27)15-6-4-3-5-7-15/h3-7,10-11,14,19H,8-9,12-13H2,1-2H3,(H,30,31)/t14-,19?/m0/s1. The Hall–Kier alpha value is -3.39. The van der Waals surface area contributed by atoms with Gasteiger partial charge in [0.2, 0.25) is 5.43 Å². The van der Waals surface area contributed by atoms with Crippen molar-refractivity contribution in [2.75, 3.05) is 38.2 Å². The van der Waals surface area contributed by atoms with Crippen LogP contribution in [-0.2, 0) is 0 Å². The minimum Gasteiger partial charge on any atom is -0.487 e. The molecule has 2 atom stereocenters. The highest BCUT2D eigenvalue weighted by atomic mass is 19.1. The highest BCUT2D eigenvalue weighted by Gasteiger charge is 2.33. The summed E-state index contributed by atoms with van der Waals surface area (Å²) in [6.45, 7) is 4.04. The minimum absolute atomic E-state index is 0.0291. The molecule has 5 rings (SSSR count). The van der Waals surface area contributed by atoms with Crippen molar-refractivity contribution < 1.29 is 19.0 Å². The molecular weight excluding hydrogens is 413 g/mol. The smallest absolute Gasteiger partial charge is 0.341 e. The van der Waals surface area contributed by atoms with E-state index in [1.54, 1.807) is 4.57 Å². The van der Waals surface area contributed by atoms with Gasteiger partial charge in [-0.25, -0.2) is 9.18 Å². The average Bonchev–Trinajstić information content (AvgIpc) is 2.78. The Kier molecular flexibility index (Phi) is 4.89. The lowest BCUT2D eigenvalue weighted by Crippen LogP contribution is -2.47. The molecule has 0 radical (unpaired) electrons. The predicted octanol–water partition coefficient (Wildman–Crippen LogP) is 3.29. The van der Waals surface area contributed by atoms with Crippen molar-refractivity contribution in [3.05, 3.63) is 69.8 Å². The Morgan fingerprint density at radius 2 is 1.97 bits per heavy atom. The van der Waals surface area contributed by atoms with E-state index in [0.29, 0.717) is 30.0 Å². The summed E-state index contributed by atoms with van der Waals surface area (Å²) in [5.41, 5.74) is 0.855. The van der Waals surface area contributed by atoms with Gasteiger partial charge in [0.15, 0.2) is 11.6 Å². The molecule has 0 aliphatic carbocycles. The summed E-state index contributed by atoms with van der Waals surface area (Å²) in [6, 6.07) is 11.1. The van der Waals surface area contributed by atoms with Crippen molar-refractivity contribution in [3.8, 4) is 5.75 Å². The van der Waals surface area contributed by atoms with Crippen LogP contribution in [0.3, 0.4) is 0 Å². The molecule has 1 unspecified atom stereocenters. The van der Waals surface area contributed by atoms with Crippen LogP contribution in [0.1, 0.15) is 34.9 Å². The number of nitrogens with zero attached hydrogens (tertiary/aromatic N) is 3. The van der Waals surface area contributed by atoms with E-state index in [9.17, 15) is 14.7 Å². The molecule has 2 aromatic carbocycles. The zero-order valence-corrected chi connectivity index (χ0v) is 17.9. The molecule has 8 heteroatoms. The van der Waals surface area contributed by atoms with Crippen molar-refractivity contribution in [1.82, 2.24) is 9.47 Å². The molecule has 0 amide bonds. The lowest BCUT2D eigenvalue weighted by atomic mass is 10.0. The summed E-state index contributed by atoms with van der Waals surface area (Å²) in [5, 5.41) is 9.49. The summed E-state index contributed by atoms with van der Waals surface area (Å²) in [5.74, 6) is -1.59. The summed E-state index contributed by atoms with van der Waals surface area (Å²) >= 11 is 0. The Bertz CT molecular complexity index is 1270. The monoisotopic (exact) mass is 437 g/mol. The first kappa shape index (κ1) is 20.5. The highest BCUT2D eigenvalue weighted by molar-refractivity contribution is 5.97. The normalized spacial score (nSPS) is 20.9. The summed E-state index contributed by atoms with van der Waals surface area (Å²) < 4.78 is 23.2. The molecule has 1 saturated heterocycles. The summed E-state index contributed by atoms with van der Waals surface area (Å²) in [4.78, 5) is 28.6. The Morgan fingerprint density at radius 1 is 1.22 bits per heavy atom. The van der Waals surface area contributed by atoms with E-state index in [-0.39, 0.29) is 29.6 Å². The van der Waals surface area contributed by atoms with Gasteiger partial charge in [-0.1, -0.05) is 30.3 Å². The third kappa shape index (κ3) is 3.14. The second-order valence-corrected chi connectivity index (χ2v) is 8.53. The van der Waals surface area contributed by atoms with Crippen molar-refractivity contribution in [3.63, 3.8) is 0 Å². The number of anilines is 1. The van der Waals surface area contributed by atoms with Crippen LogP contribution in [0.2, 0.25) is 0 Å². The zero-order chi connectivity index (χ0) is 22.6. The number of aromatic carboxylic acids is 1. The first-order valence-electron chi connectivity index (χ1n) is 10.6. The number of benzene rings is 2. The SMILES string of the molecule is C[C@H]1COc2c(N3CCN(C)C(c4ccccc4)C3)c(F)cc3c(=O)c(C(=O)O)cn1c23. The molecule has 7 nitrogen and oxygen atoms in total. The second kappa shape index (κ2) is 7.63. The number of carboxylic acids is 1. The minimum atomic E-state index is -1.32. The van der Waals surface area contributed by atoms with Gasteiger partial charge in [-0.2, -0.15) is 0 Å². The van der Waals surface area contributed by atoms with Crippen molar-refractivity contribution in [2.45, 2.75) is 19.0 Å². The van der Waals surface area contributed by atoms with Crippen LogP contribution in [-0.4, -0.2) is 53.8 Å². The maximum Gasteiger partial charge on any atom is 0.341 e. The van der Waals surface area contributed by atoms with Crippen LogP contribution >= 0.6 is 0 Å². The van der Waals surface area contributed by atoms with Crippen molar-refractivity contribution in [2.24, 2.45) is 0 Å². The Morgan fingerprint density at radius 3 is 2.69 bits per heavy atom. The first-order valence-corrected chi connectivity index (χ1v) is 10.6. The largest absolute Gasteiger partial charge is 0.487 e. The van der Waals surface area contributed by atoms with Crippen LogP contribution in [0.5, 0.6) is 5.75 Å². The number of carbonyl (C=O) groups is 1. The number of aromatic nitrogens is 1. The summed E-state index contributed by atoms with van der Waals surface area (Å²) in [6.07, 6.45) is 1.35. The number of ether oxygens (including phenoxy) is 1. The van der Waals surface area contributed by atoms with Gasteiger partial charge in [0, 0.05) is 25.8 Å². The number of piperazine rings is 1. The maximum absolute atomic E-state index is 15.5. The van der Waals surface area contributed by atoms with Crippen LogP contribution < -0.4 is 15.1 Å². The zero-order valence-electron chi connectivity index (χ0n) is 17.9. The van der Waals surface area contributed by atoms with Gasteiger partial charge in [0.1, 0.15) is 17.9 Å². The van der Waals surface area contributed by atoms with Crippen LogP contribution in [0.4, 0.5) is 10.1 Å². The quantitative estimate of drug-likeness (QED) is 0.678. The van der Waals surface area contributed by atoms with Gasteiger partial charge in [-0.3, -0.25) is 9.69 Å². The molecule has 0 saturated carbocycles. The van der Waals surface area contributed by atoms with E-state index >= 15 is 4.39 Å². The molecule has 2 aliphatic rings. The van der Waals surface area contributed by atoms with E-state index in [4.69, 9.17) is 4.74 Å². The maximum atomic E-state index is 15.5. The van der Waals surface area contributed by atoms with E-state index in [2.05, 4.69) is 24.1 Å². The number of carboxylic acid groups (broad SMARTS) is 1. The number of rotatable bonds is 3. The fraction of sp³-hybridized carbons (Fsp3) is 0.333. The molecule has 1 fully saturated rings. The van der Waals surface area contributed by atoms with Crippen LogP contribution in [0.15, 0.2) is 47.4 Å². The molecular formula is C24H24FN3O4. The predicted molar refractivity (Wildman–Crippen MR) is 119 cm³/mol. The molecule has 0 bridgehead atoms. The Balaban J connectivity index is 1.67.